The van der Waals surface area contributed by atoms with E-state index in [1.54, 1.807) is 0 Å². The number of nitrogens with zero attached hydrogens (tertiary/aromatic N) is 2. The van der Waals surface area contributed by atoms with Gasteiger partial charge in [0.2, 0.25) is 0 Å². The van der Waals surface area contributed by atoms with Gasteiger partial charge in [0.05, 0.1) is 0 Å². The molecule has 0 fully saturated rings. The van der Waals surface area contributed by atoms with Crippen LogP contribution in [-0.4, -0.2) is 11.7 Å². The molecule has 4 nitrogen and oxygen atoms in total. The summed E-state index contributed by atoms with van der Waals surface area (Å²) in [6, 6.07) is 61.1. The molecule has 49 heavy (non-hydrogen) atoms. The fourth-order valence-corrected chi connectivity index (χ4v) is 6.88. The molecule has 0 aliphatic carbocycles. The highest BCUT2D eigenvalue weighted by molar-refractivity contribution is 6.16. The van der Waals surface area contributed by atoms with Crippen LogP contribution in [0.5, 0.6) is 0 Å². The van der Waals surface area contributed by atoms with Crippen molar-refractivity contribution in [3.8, 4) is 33.4 Å². The third kappa shape index (κ3) is 5.30. The number of fused-ring (bicyclic) bond motifs is 3. The number of hydrogen-bond acceptors (Lipinski definition) is 4. The first-order valence-corrected chi connectivity index (χ1v) is 16.5. The highest BCUT2D eigenvalue weighted by Crippen LogP contribution is 2.43. The molecule has 1 aromatic heterocycles. The topological polar surface area (TPSA) is 49.9 Å². The number of furan rings is 1. The summed E-state index contributed by atoms with van der Waals surface area (Å²) in [5, 5.41) is 5.58. The van der Waals surface area contributed by atoms with E-state index in [0.717, 1.165) is 55.9 Å². The van der Waals surface area contributed by atoms with Crippen LogP contribution in [0.4, 0.5) is 0 Å². The van der Waals surface area contributed by atoms with Crippen LogP contribution in [-0.2, 0) is 0 Å². The Morgan fingerprint density at radius 2 is 0.939 bits per heavy atom. The molecule has 1 aliphatic rings. The quantitative estimate of drug-likeness (QED) is 0.199. The minimum absolute atomic E-state index is 0.476. The molecule has 1 aliphatic heterocycles. The molecule has 0 amide bonds. The third-order valence-corrected chi connectivity index (χ3v) is 9.16. The van der Waals surface area contributed by atoms with E-state index in [9.17, 15) is 0 Å². The Morgan fingerprint density at radius 1 is 0.429 bits per heavy atom. The predicted molar refractivity (Wildman–Crippen MR) is 202 cm³/mol. The van der Waals surface area contributed by atoms with Crippen molar-refractivity contribution in [3.63, 3.8) is 0 Å². The standard InChI is InChI=1S/C45H31N3O/c1-5-15-30(16-6-1)35-23-13-24-36(31-17-7-2-8-18-31)41(35)34-27-28-39-38(29-34)42-37(25-14-26-40(42)49-39)45-47-43(32-19-9-3-10-20-32)46-44(48-45)33-21-11-4-12-22-33/h1-29,45H,(H,46,47,48). The third-order valence-electron chi connectivity index (χ3n) is 9.16. The van der Waals surface area contributed by atoms with Gasteiger partial charge in [0.25, 0.3) is 0 Å². The number of rotatable bonds is 6. The van der Waals surface area contributed by atoms with Crippen LogP contribution in [0, 0.1) is 0 Å². The Labute approximate surface area is 284 Å². The van der Waals surface area contributed by atoms with Gasteiger partial charge in [-0.15, -0.1) is 0 Å². The zero-order valence-corrected chi connectivity index (χ0v) is 26.6. The lowest BCUT2D eigenvalue weighted by molar-refractivity contribution is 0.667. The summed E-state index contributed by atoms with van der Waals surface area (Å²) in [5.41, 5.74) is 11.7. The molecule has 9 rings (SSSR count). The van der Waals surface area contributed by atoms with Gasteiger partial charge >= 0.3 is 0 Å². The average molecular weight is 630 g/mol. The fourth-order valence-electron chi connectivity index (χ4n) is 6.88. The molecule has 0 unspecified atom stereocenters. The van der Waals surface area contributed by atoms with Gasteiger partial charge in [-0.1, -0.05) is 158 Å². The smallest absolute Gasteiger partial charge is 0.170 e. The molecule has 232 valence electrons. The maximum absolute atomic E-state index is 6.51. The lowest BCUT2D eigenvalue weighted by atomic mass is 9.87. The lowest BCUT2D eigenvalue weighted by Crippen LogP contribution is -2.36. The van der Waals surface area contributed by atoms with Crippen LogP contribution in [0.2, 0.25) is 0 Å². The van der Waals surface area contributed by atoms with Gasteiger partial charge < -0.3 is 9.73 Å². The molecule has 0 bridgehead atoms. The number of aliphatic imine (C=N–C) groups is 2. The van der Waals surface area contributed by atoms with E-state index in [0.29, 0.717) is 0 Å². The first-order chi connectivity index (χ1) is 24.3. The molecule has 7 aromatic carbocycles. The Balaban J connectivity index is 1.26. The Morgan fingerprint density at radius 3 is 1.49 bits per heavy atom. The monoisotopic (exact) mass is 629 g/mol. The highest BCUT2D eigenvalue weighted by Gasteiger charge is 2.24. The van der Waals surface area contributed by atoms with Crippen molar-refractivity contribution in [1.82, 2.24) is 5.32 Å². The van der Waals surface area contributed by atoms with Crippen molar-refractivity contribution >= 4 is 33.6 Å². The second kappa shape index (κ2) is 12.3. The molecule has 1 N–H and O–H groups in total. The molecule has 0 spiro atoms. The number of hydrogen-bond donors (Lipinski definition) is 1. The zero-order valence-electron chi connectivity index (χ0n) is 26.6. The predicted octanol–water partition coefficient (Wildman–Crippen LogP) is 11.1. The van der Waals surface area contributed by atoms with Crippen LogP contribution in [0.15, 0.2) is 190 Å². The second-order valence-corrected chi connectivity index (χ2v) is 12.2. The molecule has 2 heterocycles. The first-order valence-electron chi connectivity index (χ1n) is 16.5. The van der Waals surface area contributed by atoms with Crippen LogP contribution < -0.4 is 5.32 Å². The van der Waals surface area contributed by atoms with Crippen LogP contribution >= 0.6 is 0 Å². The summed E-state index contributed by atoms with van der Waals surface area (Å²) in [4.78, 5) is 10.4. The molecule has 8 aromatic rings. The van der Waals surface area contributed by atoms with Crippen molar-refractivity contribution in [2.75, 3.05) is 0 Å². The van der Waals surface area contributed by atoms with Gasteiger partial charge in [0.1, 0.15) is 22.8 Å². The summed E-state index contributed by atoms with van der Waals surface area (Å²) in [7, 11) is 0. The SMILES string of the molecule is c1ccc(C2=NC(c3cccc4oc5ccc(-c6c(-c7ccccc7)cccc6-c6ccccc6)cc5c34)N=C(c3ccccc3)N2)cc1. The molecule has 0 saturated heterocycles. The van der Waals surface area contributed by atoms with E-state index in [4.69, 9.17) is 14.4 Å². The normalized spacial score (nSPS) is 13.2. The van der Waals surface area contributed by atoms with Crippen molar-refractivity contribution in [3.05, 3.63) is 193 Å². The van der Waals surface area contributed by atoms with E-state index in [1.165, 1.54) is 27.8 Å². The highest BCUT2D eigenvalue weighted by atomic mass is 16.3. The van der Waals surface area contributed by atoms with E-state index in [1.807, 2.05) is 48.5 Å². The minimum atomic E-state index is -0.476. The summed E-state index contributed by atoms with van der Waals surface area (Å²) < 4.78 is 6.51. The number of nitrogens with one attached hydrogen (secondary N) is 1. The Bertz CT molecular complexity index is 2390. The molecule has 0 saturated carbocycles. The average Bonchev–Trinajstić information content (AvgIpc) is 3.57. The summed E-state index contributed by atoms with van der Waals surface area (Å²) in [6.45, 7) is 0. The Hall–Kier alpha value is -6.52. The Kier molecular flexibility index (Phi) is 7.17. The van der Waals surface area contributed by atoms with Crippen LogP contribution in [0.3, 0.4) is 0 Å². The molecule has 0 atom stereocenters. The van der Waals surface area contributed by atoms with Crippen molar-refractivity contribution in [2.45, 2.75) is 6.17 Å². The van der Waals surface area contributed by atoms with Gasteiger partial charge in [-0.05, 0) is 51.6 Å². The van der Waals surface area contributed by atoms with Crippen molar-refractivity contribution < 1.29 is 4.42 Å². The minimum Gasteiger partial charge on any atom is -0.456 e. The van der Waals surface area contributed by atoms with E-state index in [2.05, 4.69) is 133 Å². The molecular formula is C45H31N3O. The molecule has 0 radical (unpaired) electrons. The maximum Gasteiger partial charge on any atom is 0.170 e. The van der Waals surface area contributed by atoms with Crippen molar-refractivity contribution in [1.29, 1.82) is 0 Å². The second-order valence-electron chi connectivity index (χ2n) is 12.2. The largest absolute Gasteiger partial charge is 0.456 e. The van der Waals surface area contributed by atoms with Gasteiger partial charge in [0, 0.05) is 27.5 Å². The van der Waals surface area contributed by atoms with Gasteiger partial charge in [-0.25, -0.2) is 9.98 Å². The maximum atomic E-state index is 6.51. The van der Waals surface area contributed by atoms with E-state index in [-0.39, 0.29) is 0 Å². The number of benzene rings is 7. The van der Waals surface area contributed by atoms with Crippen LogP contribution in [0.25, 0.3) is 55.3 Å². The van der Waals surface area contributed by atoms with E-state index < -0.39 is 6.17 Å². The fraction of sp³-hybridized carbons (Fsp3) is 0.0222. The molecular weight excluding hydrogens is 599 g/mol. The summed E-state index contributed by atoms with van der Waals surface area (Å²) >= 11 is 0. The van der Waals surface area contributed by atoms with Crippen LogP contribution in [0.1, 0.15) is 22.9 Å². The summed E-state index contributed by atoms with van der Waals surface area (Å²) in [6.07, 6.45) is -0.476. The summed E-state index contributed by atoms with van der Waals surface area (Å²) in [5.74, 6) is 1.57. The molecule has 4 heteroatoms. The zero-order chi connectivity index (χ0) is 32.6. The van der Waals surface area contributed by atoms with E-state index >= 15 is 0 Å². The number of amidine groups is 2. The first kappa shape index (κ1) is 28.7. The van der Waals surface area contributed by atoms with Gasteiger partial charge in [-0.2, -0.15) is 0 Å². The lowest BCUT2D eigenvalue weighted by Gasteiger charge is -2.22. The van der Waals surface area contributed by atoms with Gasteiger partial charge in [-0.3, -0.25) is 0 Å². The van der Waals surface area contributed by atoms with Gasteiger partial charge in [0.15, 0.2) is 6.17 Å². The van der Waals surface area contributed by atoms with Crippen molar-refractivity contribution in [2.24, 2.45) is 9.98 Å².